The van der Waals surface area contributed by atoms with Crippen LogP contribution in [0.15, 0.2) is 0 Å². The molecule has 0 spiro atoms. The lowest BCUT2D eigenvalue weighted by Crippen LogP contribution is -2.37. The molecule has 1 aliphatic carbocycles. The van der Waals surface area contributed by atoms with Crippen molar-refractivity contribution in [2.75, 3.05) is 6.67 Å². The largest absolute Gasteiger partial charge is 0.465 e. The number of rotatable bonds is 2. The van der Waals surface area contributed by atoms with Crippen molar-refractivity contribution in [3.63, 3.8) is 0 Å². The lowest BCUT2D eigenvalue weighted by atomic mass is 10.3. The first-order valence-electron chi connectivity index (χ1n) is 2.76. The van der Waals surface area contributed by atoms with Crippen LogP contribution in [0.2, 0.25) is 0 Å². The molecule has 0 radical (unpaired) electrons. The number of carbonyl (C=O) groups is 1. The van der Waals surface area contributed by atoms with E-state index in [1.54, 1.807) is 0 Å². The van der Waals surface area contributed by atoms with Gasteiger partial charge in [0.25, 0.3) is 0 Å². The summed E-state index contributed by atoms with van der Waals surface area (Å²) in [6, 6.07) is 0. The third-order valence-electron chi connectivity index (χ3n) is 1.48. The Kier molecular flexibility index (Phi) is 1.31. The smallest absolute Gasteiger partial charge is 0.405 e. The van der Waals surface area contributed by atoms with E-state index in [9.17, 15) is 9.18 Å². The van der Waals surface area contributed by atoms with Crippen molar-refractivity contribution in [2.45, 2.75) is 18.4 Å². The molecule has 1 fully saturated rings. The zero-order chi connectivity index (χ0) is 6.91. The van der Waals surface area contributed by atoms with Crippen LogP contribution in [0.3, 0.4) is 0 Å². The Morgan fingerprint density at radius 1 is 1.78 bits per heavy atom. The molecule has 0 aromatic heterocycles. The van der Waals surface area contributed by atoms with Gasteiger partial charge in [-0.3, -0.25) is 0 Å². The zero-order valence-corrected chi connectivity index (χ0v) is 4.85. The highest BCUT2D eigenvalue weighted by Crippen LogP contribution is 2.35. The van der Waals surface area contributed by atoms with Crippen LogP contribution in [0.5, 0.6) is 0 Å². The predicted octanol–water partition coefficient (Wildman–Crippen LogP) is 0.756. The van der Waals surface area contributed by atoms with Gasteiger partial charge in [0.15, 0.2) is 0 Å². The van der Waals surface area contributed by atoms with E-state index in [1.165, 1.54) is 0 Å². The van der Waals surface area contributed by atoms with E-state index in [4.69, 9.17) is 5.11 Å². The van der Waals surface area contributed by atoms with E-state index in [1.807, 2.05) is 0 Å². The highest BCUT2D eigenvalue weighted by molar-refractivity contribution is 5.66. The minimum atomic E-state index is -1.13. The van der Waals surface area contributed by atoms with Crippen LogP contribution in [0.4, 0.5) is 9.18 Å². The van der Waals surface area contributed by atoms with Crippen LogP contribution in [0.25, 0.3) is 0 Å². The lowest BCUT2D eigenvalue weighted by Gasteiger charge is -2.07. The molecule has 0 heterocycles. The molecule has 0 unspecified atom stereocenters. The van der Waals surface area contributed by atoms with E-state index in [2.05, 4.69) is 5.32 Å². The monoisotopic (exact) mass is 133 g/mol. The van der Waals surface area contributed by atoms with E-state index >= 15 is 0 Å². The molecule has 1 rings (SSSR count). The Morgan fingerprint density at radius 3 is 2.44 bits per heavy atom. The van der Waals surface area contributed by atoms with Crippen molar-refractivity contribution >= 4 is 6.09 Å². The fraction of sp³-hybridized carbons (Fsp3) is 0.800. The summed E-state index contributed by atoms with van der Waals surface area (Å²) in [6.45, 7) is -0.584. The second-order valence-corrected chi connectivity index (χ2v) is 2.34. The number of hydrogen-bond acceptors (Lipinski definition) is 1. The summed E-state index contributed by atoms with van der Waals surface area (Å²) in [6.07, 6.45) is 0.135. The van der Waals surface area contributed by atoms with Crippen LogP contribution in [0.1, 0.15) is 12.8 Å². The van der Waals surface area contributed by atoms with Gasteiger partial charge in [-0.25, -0.2) is 9.18 Å². The molecule has 52 valence electrons. The van der Waals surface area contributed by atoms with Crippen molar-refractivity contribution in [3.8, 4) is 0 Å². The highest BCUT2D eigenvalue weighted by atomic mass is 19.1. The summed E-state index contributed by atoms with van der Waals surface area (Å²) in [7, 11) is 0. The van der Waals surface area contributed by atoms with Crippen molar-refractivity contribution in [1.82, 2.24) is 5.32 Å². The second-order valence-electron chi connectivity index (χ2n) is 2.34. The molecule has 1 amide bonds. The van der Waals surface area contributed by atoms with E-state index in [-0.39, 0.29) is 0 Å². The second kappa shape index (κ2) is 1.86. The first-order chi connectivity index (χ1) is 4.18. The molecule has 0 saturated heterocycles. The van der Waals surface area contributed by atoms with Crippen molar-refractivity contribution in [1.29, 1.82) is 0 Å². The third-order valence-corrected chi connectivity index (χ3v) is 1.48. The SMILES string of the molecule is O=C(O)NC1(CF)CC1. The van der Waals surface area contributed by atoms with Crippen LogP contribution in [-0.2, 0) is 0 Å². The first-order valence-corrected chi connectivity index (χ1v) is 2.76. The summed E-state index contributed by atoms with van der Waals surface area (Å²) in [5.41, 5.74) is -0.703. The van der Waals surface area contributed by atoms with Gasteiger partial charge in [0.1, 0.15) is 6.67 Å². The van der Waals surface area contributed by atoms with Gasteiger partial charge in [-0.15, -0.1) is 0 Å². The number of alkyl halides is 1. The fourth-order valence-corrected chi connectivity index (χ4v) is 0.670. The zero-order valence-electron chi connectivity index (χ0n) is 4.85. The van der Waals surface area contributed by atoms with Gasteiger partial charge in [-0.2, -0.15) is 0 Å². The van der Waals surface area contributed by atoms with Crippen LogP contribution >= 0.6 is 0 Å². The standard InChI is InChI=1S/C5H8FNO2/c6-3-5(1-2-5)7-4(8)9/h7H,1-3H2,(H,8,9). The Labute approximate surface area is 51.9 Å². The van der Waals surface area contributed by atoms with Crippen LogP contribution in [-0.4, -0.2) is 23.4 Å². The van der Waals surface area contributed by atoms with E-state index in [0.29, 0.717) is 12.8 Å². The molecule has 0 aromatic rings. The average Bonchev–Trinajstić information content (AvgIpc) is 2.48. The van der Waals surface area contributed by atoms with Crippen molar-refractivity contribution in [2.24, 2.45) is 0 Å². The molecule has 0 bridgehead atoms. The maximum absolute atomic E-state index is 11.9. The normalized spacial score (nSPS) is 21.0. The van der Waals surface area contributed by atoms with Gasteiger partial charge >= 0.3 is 6.09 Å². The Morgan fingerprint density at radius 2 is 2.33 bits per heavy atom. The predicted molar refractivity (Wildman–Crippen MR) is 29.1 cm³/mol. The summed E-state index contributed by atoms with van der Waals surface area (Å²) in [5.74, 6) is 0. The number of amides is 1. The molecule has 0 aromatic carbocycles. The van der Waals surface area contributed by atoms with Crippen molar-refractivity contribution < 1.29 is 14.3 Å². The van der Waals surface area contributed by atoms with Gasteiger partial charge in [-0.1, -0.05) is 0 Å². The maximum atomic E-state index is 11.9. The topological polar surface area (TPSA) is 49.3 Å². The van der Waals surface area contributed by atoms with E-state index < -0.39 is 18.3 Å². The van der Waals surface area contributed by atoms with Crippen LogP contribution in [0, 0.1) is 0 Å². The molecule has 3 nitrogen and oxygen atoms in total. The number of hydrogen-bond donors (Lipinski definition) is 2. The fourth-order valence-electron chi connectivity index (χ4n) is 0.670. The quantitative estimate of drug-likeness (QED) is 0.584. The molecule has 0 aliphatic heterocycles. The Balaban J connectivity index is 2.33. The van der Waals surface area contributed by atoms with Gasteiger partial charge in [0.2, 0.25) is 0 Å². The Bertz CT molecular complexity index is 133. The molecule has 2 N–H and O–H groups in total. The molecule has 4 heteroatoms. The molecule has 1 aliphatic rings. The molecule has 0 atom stereocenters. The number of halogens is 1. The summed E-state index contributed by atoms with van der Waals surface area (Å²) < 4.78 is 11.9. The van der Waals surface area contributed by atoms with Gasteiger partial charge < -0.3 is 10.4 Å². The minimum absolute atomic E-state index is 0.584. The van der Waals surface area contributed by atoms with Gasteiger partial charge in [0, 0.05) is 0 Å². The average molecular weight is 133 g/mol. The molecular weight excluding hydrogens is 125 g/mol. The highest BCUT2D eigenvalue weighted by Gasteiger charge is 2.44. The van der Waals surface area contributed by atoms with Gasteiger partial charge in [0.05, 0.1) is 5.54 Å². The lowest BCUT2D eigenvalue weighted by molar-refractivity contribution is 0.184. The molecular formula is C5H8FNO2. The number of carboxylic acid groups (broad SMARTS) is 1. The summed E-state index contributed by atoms with van der Waals surface area (Å²) in [5, 5.41) is 10.3. The molecule has 9 heavy (non-hydrogen) atoms. The van der Waals surface area contributed by atoms with Crippen molar-refractivity contribution in [3.05, 3.63) is 0 Å². The van der Waals surface area contributed by atoms with Crippen LogP contribution < -0.4 is 5.32 Å². The first kappa shape index (κ1) is 6.32. The van der Waals surface area contributed by atoms with Gasteiger partial charge in [-0.05, 0) is 12.8 Å². The summed E-state index contributed by atoms with van der Waals surface area (Å²) in [4.78, 5) is 9.94. The third kappa shape index (κ3) is 1.31. The summed E-state index contributed by atoms with van der Waals surface area (Å²) >= 11 is 0. The van der Waals surface area contributed by atoms with E-state index in [0.717, 1.165) is 0 Å². The minimum Gasteiger partial charge on any atom is -0.465 e. The Hall–Kier alpha value is -0.800. The molecule has 1 saturated carbocycles. The maximum Gasteiger partial charge on any atom is 0.405 e. The number of nitrogens with one attached hydrogen (secondary N) is 1.